The Morgan fingerprint density at radius 2 is 1.69 bits per heavy atom. The number of amides is 1. The van der Waals surface area contributed by atoms with E-state index in [2.05, 4.69) is 35.0 Å². The van der Waals surface area contributed by atoms with E-state index in [0.717, 1.165) is 51.0 Å². The first-order chi connectivity index (χ1) is 12.6. The molecular formula is C21H33N3O2. The lowest BCUT2D eigenvalue weighted by Gasteiger charge is -2.33. The molecule has 5 heteroatoms. The van der Waals surface area contributed by atoms with Crippen LogP contribution in [0.3, 0.4) is 0 Å². The summed E-state index contributed by atoms with van der Waals surface area (Å²) in [7, 11) is 0. The average molecular weight is 360 g/mol. The summed E-state index contributed by atoms with van der Waals surface area (Å²) in [6.45, 7) is 11.8. The van der Waals surface area contributed by atoms with Gasteiger partial charge >= 0.3 is 0 Å². The Balaban J connectivity index is 1.36. The summed E-state index contributed by atoms with van der Waals surface area (Å²) >= 11 is 0. The number of carbonyl (C=O) groups is 1. The van der Waals surface area contributed by atoms with Crippen LogP contribution >= 0.6 is 0 Å². The molecule has 1 aromatic carbocycles. The van der Waals surface area contributed by atoms with E-state index in [4.69, 9.17) is 4.74 Å². The fraction of sp³-hybridized carbons (Fsp3) is 0.667. The lowest BCUT2D eigenvalue weighted by Crippen LogP contribution is -2.41. The molecule has 0 unspecified atom stereocenters. The minimum Gasteiger partial charge on any atom is -0.379 e. The van der Waals surface area contributed by atoms with Crippen LogP contribution in [0, 0.1) is 19.8 Å². The predicted molar refractivity (Wildman–Crippen MR) is 106 cm³/mol. The van der Waals surface area contributed by atoms with Gasteiger partial charge in [-0.1, -0.05) is 6.07 Å². The molecule has 0 bridgehead atoms. The van der Waals surface area contributed by atoms with Crippen LogP contribution in [0.1, 0.15) is 30.4 Å². The SMILES string of the molecule is Cc1cc(C)cc(NC(=O)CN2CCC(CCN3CCOCC3)CC2)c1. The van der Waals surface area contributed by atoms with Gasteiger partial charge in [0.05, 0.1) is 19.8 Å². The highest BCUT2D eigenvalue weighted by Crippen LogP contribution is 2.21. The highest BCUT2D eigenvalue weighted by atomic mass is 16.5. The van der Waals surface area contributed by atoms with E-state index in [0.29, 0.717) is 6.54 Å². The Bertz CT molecular complexity index is 571. The van der Waals surface area contributed by atoms with Gasteiger partial charge in [0.2, 0.25) is 5.91 Å². The fourth-order valence-corrected chi connectivity index (χ4v) is 4.07. The molecule has 2 aliphatic heterocycles. The van der Waals surface area contributed by atoms with Crippen LogP contribution in [0.2, 0.25) is 0 Å². The predicted octanol–water partition coefficient (Wildman–Crippen LogP) is 2.68. The summed E-state index contributed by atoms with van der Waals surface area (Å²) < 4.78 is 5.41. The molecular weight excluding hydrogens is 326 g/mol. The van der Waals surface area contributed by atoms with Crippen molar-refractivity contribution in [2.24, 2.45) is 5.92 Å². The van der Waals surface area contributed by atoms with Crippen molar-refractivity contribution in [1.82, 2.24) is 9.80 Å². The molecule has 5 nitrogen and oxygen atoms in total. The van der Waals surface area contributed by atoms with Crippen LogP contribution in [0.25, 0.3) is 0 Å². The van der Waals surface area contributed by atoms with E-state index in [1.165, 1.54) is 36.9 Å². The summed E-state index contributed by atoms with van der Waals surface area (Å²) in [5.41, 5.74) is 3.27. The van der Waals surface area contributed by atoms with E-state index >= 15 is 0 Å². The lowest BCUT2D eigenvalue weighted by atomic mass is 9.93. The number of benzene rings is 1. The van der Waals surface area contributed by atoms with Crippen molar-refractivity contribution in [2.75, 3.05) is 57.8 Å². The maximum Gasteiger partial charge on any atom is 0.238 e. The summed E-state index contributed by atoms with van der Waals surface area (Å²) in [4.78, 5) is 17.2. The quantitative estimate of drug-likeness (QED) is 0.848. The number of morpholine rings is 1. The number of rotatable bonds is 6. The number of ether oxygens (including phenoxy) is 1. The number of nitrogens with one attached hydrogen (secondary N) is 1. The van der Waals surface area contributed by atoms with E-state index in [1.807, 2.05) is 12.1 Å². The molecule has 144 valence electrons. The Morgan fingerprint density at radius 3 is 2.35 bits per heavy atom. The Morgan fingerprint density at radius 1 is 1.04 bits per heavy atom. The van der Waals surface area contributed by atoms with E-state index in [-0.39, 0.29) is 5.91 Å². The van der Waals surface area contributed by atoms with Crippen molar-refractivity contribution in [3.63, 3.8) is 0 Å². The topological polar surface area (TPSA) is 44.8 Å². The molecule has 0 spiro atoms. The molecule has 2 heterocycles. The average Bonchev–Trinajstić information content (AvgIpc) is 2.61. The number of likely N-dealkylation sites (tertiary alicyclic amines) is 1. The van der Waals surface area contributed by atoms with Gasteiger partial charge in [0.1, 0.15) is 0 Å². The zero-order chi connectivity index (χ0) is 18.4. The zero-order valence-corrected chi connectivity index (χ0v) is 16.3. The van der Waals surface area contributed by atoms with Gasteiger partial charge in [-0.05, 0) is 81.9 Å². The third-order valence-electron chi connectivity index (χ3n) is 5.54. The van der Waals surface area contributed by atoms with Crippen LogP contribution in [-0.2, 0) is 9.53 Å². The van der Waals surface area contributed by atoms with Gasteiger partial charge in [0.15, 0.2) is 0 Å². The second kappa shape index (κ2) is 9.49. The molecule has 1 N–H and O–H groups in total. The lowest BCUT2D eigenvalue weighted by molar-refractivity contribution is -0.117. The molecule has 1 aromatic rings. The number of hydrogen-bond acceptors (Lipinski definition) is 4. The zero-order valence-electron chi connectivity index (χ0n) is 16.3. The molecule has 2 saturated heterocycles. The molecule has 3 rings (SSSR count). The molecule has 2 fully saturated rings. The van der Waals surface area contributed by atoms with Crippen LogP contribution < -0.4 is 5.32 Å². The minimum absolute atomic E-state index is 0.0989. The first-order valence-electron chi connectivity index (χ1n) is 9.99. The number of hydrogen-bond donors (Lipinski definition) is 1. The highest BCUT2D eigenvalue weighted by Gasteiger charge is 2.22. The molecule has 2 aliphatic rings. The second-order valence-corrected chi connectivity index (χ2v) is 7.89. The first kappa shape index (κ1) is 19.3. The van der Waals surface area contributed by atoms with Crippen LogP contribution in [-0.4, -0.2) is 68.2 Å². The monoisotopic (exact) mass is 359 g/mol. The van der Waals surface area contributed by atoms with Gasteiger partial charge in [-0.2, -0.15) is 0 Å². The highest BCUT2D eigenvalue weighted by molar-refractivity contribution is 5.92. The molecule has 0 saturated carbocycles. The summed E-state index contributed by atoms with van der Waals surface area (Å²) in [6.07, 6.45) is 3.70. The van der Waals surface area contributed by atoms with Crippen molar-refractivity contribution < 1.29 is 9.53 Å². The van der Waals surface area contributed by atoms with Gasteiger partial charge < -0.3 is 10.1 Å². The Labute approximate surface area is 157 Å². The second-order valence-electron chi connectivity index (χ2n) is 7.89. The Hall–Kier alpha value is -1.43. The maximum absolute atomic E-state index is 12.3. The summed E-state index contributed by atoms with van der Waals surface area (Å²) in [6, 6.07) is 6.18. The van der Waals surface area contributed by atoms with Gasteiger partial charge in [-0.25, -0.2) is 0 Å². The Kier molecular flexibility index (Phi) is 7.06. The van der Waals surface area contributed by atoms with Crippen molar-refractivity contribution >= 4 is 11.6 Å². The van der Waals surface area contributed by atoms with Gasteiger partial charge in [0, 0.05) is 18.8 Å². The van der Waals surface area contributed by atoms with Crippen molar-refractivity contribution in [3.8, 4) is 0 Å². The van der Waals surface area contributed by atoms with Crippen molar-refractivity contribution in [1.29, 1.82) is 0 Å². The number of piperidine rings is 1. The number of aryl methyl sites for hydroxylation is 2. The van der Waals surface area contributed by atoms with Crippen molar-refractivity contribution in [2.45, 2.75) is 33.1 Å². The maximum atomic E-state index is 12.3. The summed E-state index contributed by atoms with van der Waals surface area (Å²) in [5, 5.41) is 3.05. The third-order valence-corrected chi connectivity index (χ3v) is 5.54. The van der Waals surface area contributed by atoms with Crippen LogP contribution in [0.15, 0.2) is 18.2 Å². The fourth-order valence-electron chi connectivity index (χ4n) is 4.07. The molecule has 26 heavy (non-hydrogen) atoms. The number of carbonyl (C=O) groups excluding carboxylic acids is 1. The molecule has 0 radical (unpaired) electrons. The van der Waals surface area contributed by atoms with E-state index in [9.17, 15) is 4.79 Å². The van der Waals surface area contributed by atoms with Crippen LogP contribution in [0.5, 0.6) is 0 Å². The first-order valence-corrected chi connectivity index (χ1v) is 9.99. The van der Waals surface area contributed by atoms with E-state index in [1.54, 1.807) is 0 Å². The third kappa shape index (κ3) is 6.08. The normalized spacial score (nSPS) is 20.2. The smallest absolute Gasteiger partial charge is 0.238 e. The number of nitrogens with zero attached hydrogens (tertiary/aromatic N) is 2. The van der Waals surface area contributed by atoms with Crippen molar-refractivity contribution in [3.05, 3.63) is 29.3 Å². The standard InChI is InChI=1S/C21H33N3O2/c1-17-13-18(2)15-20(14-17)22-21(25)16-24-7-4-19(5-8-24)3-6-23-9-11-26-12-10-23/h13-15,19H,3-12,16H2,1-2H3,(H,22,25). The largest absolute Gasteiger partial charge is 0.379 e. The molecule has 1 amide bonds. The minimum atomic E-state index is 0.0989. The summed E-state index contributed by atoms with van der Waals surface area (Å²) in [5.74, 6) is 0.901. The van der Waals surface area contributed by atoms with Gasteiger partial charge in [-0.15, -0.1) is 0 Å². The van der Waals surface area contributed by atoms with Gasteiger partial charge in [0.25, 0.3) is 0 Å². The van der Waals surface area contributed by atoms with Crippen LogP contribution in [0.4, 0.5) is 5.69 Å². The molecule has 0 atom stereocenters. The van der Waals surface area contributed by atoms with E-state index < -0.39 is 0 Å². The molecule has 0 aliphatic carbocycles. The van der Waals surface area contributed by atoms with Gasteiger partial charge in [-0.3, -0.25) is 14.6 Å². The number of anilines is 1. The molecule has 0 aromatic heterocycles.